The number of carbonyl (C=O) groups excluding carboxylic acids is 1. The van der Waals surface area contributed by atoms with Crippen molar-refractivity contribution >= 4 is 29.1 Å². The Balaban J connectivity index is 1.59. The fourth-order valence-electron chi connectivity index (χ4n) is 4.94. The van der Waals surface area contributed by atoms with Crippen LogP contribution in [0, 0.1) is 0 Å². The van der Waals surface area contributed by atoms with Crippen molar-refractivity contribution in [3.05, 3.63) is 91.0 Å². The molecule has 0 radical (unpaired) electrons. The first kappa shape index (κ1) is 21.7. The van der Waals surface area contributed by atoms with E-state index >= 15 is 0 Å². The maximum atomic E-state index is 12.6. The minimum atomic E-state index is -2.18. The molecule has 1 aliphatic rings. The Hall–Kier alpha value is -2.48. The summed E-state index contributed by atoms with van der Waals surface area (Å²) in [5.74, 6) is 0.263. The number of benzene rings is 3. The summed E-state index contributed by atoms with van der Waals surface area (Å²) in [4.78, 5) is 14.6. The topological polar surface area (TPSA) is 46.3 Å². The first-order valence-corrected chi connectivity index (χ1v) is 13.6. The molecule has 1 amide bonds. The third-order valence-electron chi connectivity index (χ3n) is 6.57. The molecule has 4 heteroatoms. The van der Waals surface area contributed by atoms with Gasteiger partial charge in [-0.15, -0.1) is 0 Å². The molecular weight excluding hydrogens is 399 g/mol. The van der Waals surface area contributed by atoms with Gasteiger partial charge in [-0.05, 0) is 0 Å². The molecule has 31 heavy (non-hydrogen) atoms. The van der Waals surface area contributed by atoms with E-state index in [1.807, 2.05) is 4.90 Å². The van der Waals surface area contributed by atoms with E-state index in [2.05, 4.69) is 91.0 Å². The number of nitrogens with two attached hydrogens (primary N) is 1. The van der Waals surface area contributed by atoms with Crippen LogP contribution in [-0.4, -0.2) is 36.1 Å². The summed E-state index contributed by atoms with van der Waals surface area (Å²) in [6.45, 7) is 1.53. The summed E-state index contributed by atoms with van der Waals surface area (Å²) in [6, 6.07) is 33.1. The van der Waals surface area contributed by atoms with Crippen LogP contribution in [0.15, 0.2) is 91.0 Å². The molecule has 1 atom stereocenters. The number of rotatable bonds is 8. The van der Waals surface area contributed by atoms with Crippen LogP contribution in [0.2, 0.25) is 0 Å². The summed E-state index contributed by atoms with van der Waals surface area (Å²) in [5.41, 5.74) is 5.98. The molecule has 0 aliphatic carbocycles. The fourth-order valence-corrected chi connectivity index (χ4v) is 9.87. The van der Waals surface area contributed by atoms with Gasteiger partial charge in [-0.2, -0.15) is 0 Å². The zero-order chi connectivity index (χ0) is 21.5. The van der Waals surface area contributed by atoms with Crippen molar-refractivity contribution in [3.63, 3.8) is 0 Å². The van der Waals surface area contributed by atoms with Crippen molar-refractivity contribution in [2.75, 3.05) is 19.3 Å². The first-order chi connectivity index (χ1) is 15.2. The standard InChI is InChI=1S/C27H33N2OP/c28-23-19-20-29(22-23)27(30)18-10-11-21-31(24-12-4-1-5-13-24,25-14-6-2-7-15-25)26-16-8-3-9-17-26/h1-9,12-17,23,31H,10-11,18-22,28H2/t23-/m0/s1. The van der Waals surface area contributed by atoms with E-state index in [1.165, 1.54) is 15.9 Å². The second-order valence-electron chi connectivity index (χ2n) is 8.60. The Morgan fingerprint density at radius 1 is 0.806 bits per heavy atom. The quantitative estimate of drug-likeness (QED) is 0.438. The van der Waals surface area contributed by atoms with Crippen LogP contribution < -0.4 is 21.6 Å². The number of carbonyl (C=O) groups is 1. The van der Waals surface area contributed by atoms with Crippen molar-refractivity contribution in [1.29, 1.82) is 0 Å². The van der Waals surface area contributed by atoms with Gasteiger partial charge in [0.1, 0.15) is 0 Å². The van der Waals surface area contributed by atoms with Crippen LogP contribution in [0.25, 0.3) is 0 Å². The third kappa shape index (κ3) is 4.89. The van der Waals surface area contributed by atoms with Crippen LogP contribution in [-0.2, 0) is 4.79 Å². The summed E-state index contributed by atoms with van der Waals surface area (Å²) >= 11 is 0. The van der Waals surface area contributed by atoms with Crippen LogP contribution >= 0.6 is 7.26 Å². The molecule has 0 spiro atoms. The van der Waals surface area contributed by atoms with Crippen molar-refractivity contribution in [2.45, 2.75) is 31.7 Å². The first-order valence-electron chi connectivity index (χ1n) is 11.4. The van der Waals surface area contributed by atoms with Gasteiger partial charge >= 0.3 is 186 Å². The monoisotopic (exact) mass is 432 g/mol. The molecule has 3 aromatic carbocycles. The molecular formula is C27H33N2OP. The van der Waals surface area contributed by atoms with E-state index in [0.717, 1.165) is 38.5 Å². The molecule has 2 N–H and O–H groups in total. The van der Waals surface area contributed by atoms with Crippen LogP contribution in [0.5, 0.6) is 0 Å². The van der Waals surface area contributed by atoms with E-state index in [9.17, 15) is 4.79 Å². The molecule has 1 saturated heterocycles. The van der Waals surface area contributed by atoms with Gasteiger partial charge < -0.3 is 0 Å². The average molecular weight is 433 g/mol. The van der Waals surface area contributed by atoms with E-state index < -0.39 is 7.26 Å². The Bertz CT molecular complexity index is 866. The number of unbranched alkanes of at least 4 members (excludes halogenated alkanes) is 1. The Kier molecular flexibility index (Phi) is 7.17. The minimum absolute atomic E-state index is 0.151. The summed E-state index contributed by atoms with van der Waals surface area (Å²) in [5, 5.41) is 4.30. The predicted molar refractivity (Wildman–Crippen MR) is 134 cm³/mol. The third-order valence-corrected chi connectivity index (χ3v) is 11.6. The molecule has 0 saturated carbocycles. The normalized spacial score (nSPS) is 16.9. The van der Waals surface area contributed by atoms with Crippen molar-refractivity contribution in [1.82, 2.24) is 4.90 Å². The Labute approximate surface area is 186 Å². The maximum absolute atomic E-state index is 12.6. The van der Waals surface area contributed by atoms with E-state index in [0.29, 0.717) is 6.42 Å². The van der Waals surface area contributed by atoms with Gasteiger partial charge in [0.15, 0.2) is 0 Å². The van der Waals surface area contributed by atoms with Gasteiger partial charge in [0.05, 0.1) is 0 Å². The second kappa shape index (κ2) is 10.2. The van der Waals surface area contributed by atoms with E-state index in [-0.39, 0.29) is 11.9 Å². The molecule has 0 bridgehead atoms. The van der Waals surface area contributed by atoms with Gasteiger partial charge in [-0.3, -0.25) is 0 Å². The van der Waals surface area contributed by atoms with E-state index in [1.54, 1.807) is 0 Å². The summed E-state index contributed by atoms with van der Waals surface area (Å²) in [7, 11) is -2.18. The van der Waals surface area contributed by atoms with Gasteiger partial charge in [0.25, 0.3) is 0 Å². The van der Waals surface area contributed by atoms with Gasteiger partial charge in [0.2, 0.25) is 0 Å². The molecule has 1 fully saturated rings. The molecule has 0 aromatic heterocycles. The molecule has 4 rings (SSSR count). The number of amides is 1. The molecule has 1 heterocycles. The van der Waals surface area contributed by atoms with Crippen molar-refractivity contribution < 1.29 is 4.79 Å². The Morgan fingerprint density at radius 3 is 1.71 bits per heavy atom. The zero-order valence-corrected chi connectivity index (χ0v) is 19.1. The van der Waals surface area contributed by atoms with Gasteiger partial charge in [0, 0.05) is 0 Å². The average Bonchev–Trinajstić information content (AvgIpc) is 3.27. The zero-order valence-electron chi connectivity index (χ0n) is 18.1. The number of nitrogens with zero attached hydrogens (tertiary/aromatic N) is 1. The molecule has 1 aliphatic heterocycles. The van der Waals surface area contributed by atoms with Crippen LogP contribution in [0.4, 0.5) is 0 Å². The molecule has 162 valence electrons. The summed E-state index contributed by atoms with van der Waals surface area (Å²) in [6.07, 6.45) is 4.60. The number of likely N-dealkylation sites (tertiary alicyclic amines) is 1. The van der Waals surface area contributed by atoms with Crippen molar-refractivity contribution in [3.8, 4) is 0 Å². The van der Waals surface area contributed by atoms with Gasteiger partial charge in [-0.25, -0.2) is 0 Å². The van der Waals surface area contributed by atoms with Gasteiger partial charge in [-0.1, -0.05) is 0 Å². The van der Waals surface area contributed by atoms with Crippen LogP contribution in [0.1, 0.15) is 25.7 Å². The van der Waals surface area contributed by atoms with E-state index in [4.69, 9.17) is 5.73 Å². The number of hydrogen-bond acceptors (Lipinski definition) is 2. The van der Waals surface area contributed by atoms with Crippen molar-refractivity contribution in [2.24, 2.45) is 5.73 Å². The van der Waals surface area contributed by atoms with Crippen LogP contribution in [0.3, 0.4) is 0 Å². The molecule has 0 unspecified atom stereocenters. The second-order valence-corrected chi connectivity index (χ2v) is 12.6. The summed E-state index contributed by atoms with van der Waals surface area (Å²) < 4.78 is 0. The molecule has 3 nitrogen and oxygen atoms in total. The predicted octanol–water partition coefficient (Wildman–Crippen LogP) is 3.44. The molecule has 3 aromatic rings. The number of hydrogen-bond donors (Lipinski definition) is 1. The Morgan fingerprint density at radius 2 is 1.29 bits per heavy atom. The SMILES string of the molecule is N[C@H]1CCN(C(=O)CCCC[PH](c2ccccc2)(c2ccccc2)c2ccccc2)C1. The fraction of sp³-hybridized carbons (Fsp3) is 0.296.